The number of carbonyl (C=O) groups is 1. The maximum Gasteiger partial charge on any atom is 0.271 e. The Labute approximate surface area is 190 Å². The van der Waals surface area contributed by atoms with Crippen LogP contribution in [0.2, 0.25) is 0 Å². The van der Waals surface area contributed by atoms with E-state index in [2.05, 4.69) is 34.8 Å². The Hall–Kier alpha value is -3.25. The smallest absolute Gasteiger partial charge is 0.271 e. The molecule has 3 aromatic heterocycles. The van der Waals surface area contributed by atoms with Crippen LogP contribution < -0.4 is 19.8 Å². The standard InChI is InChI=1S/C20H23N7O3S2/c1-15(28)22-14-17-5-6-19(31-17)32(29,30)25-16-12-23-20(24-13-16)27-10-8-26(9-11-27)18-4-2-3-7-21-18/h2-7,12-13,25H,8-11,14H2,1H3,(H,22,28). The number of pyridine rings is 1. The second-order valence-electron chi connectivity index (χ2n) is 7.17. The number of aromatic nitrogens is 3. The number of thiophene rings is 1. The van der Waals surface area contributed by atoms with Crippen LogP contribution in [0.4, 0.5) is 17.5 Å². The van der Waals surface area contributed by atoms with Gasteiger partial charge < -0.3 is 15.1 Å². The third-order valence-electron chi connectivity index (χ3n) is 4.84. The molecule has 2 N–H and O–H groups in total. The summed E-state index contributed by atoms with van der Waals surface area (Å²) >= 11 is 1.10. The van der Waals surface area contributed by atoms with E-state index in [9.17, 15) is 13.2 Å². The molecule has 12 heteroatoms. The Kier molecular flexibility index (Phi) is 6.51. The van der Waals surface area contributed by atoms with Gasteiger partial charge in [-0.1, -0.05) is 6.07 Å². The number of nitrogens with one attached hydrogen (secondary N) is 2. The minimum absolute atomic E-state index is 0.160. The molecule has 1 aliphatic rings. The molecular formula is C20H23N7O3S2. The van der Waals surface area contributed by atoms with Crippen LogP contribution in [0.5, 0.6) is 0 Å². The van der Waals surface area contributed by atoms with Crippen LogP contribution in [0, 0.1) is 0 Å². The Bertz CT molecular complexity index is 1160. The van der Waals surface area contributed by atoms with Crippen molar-refractivity contribution in [1.29, 1.82) is 0 Å². The number of carbonyl (C=O) groups excluding carboxylic acids is 1. The van der Waals surface area contributed by atoms with Gasteiger partial charge in [0, 0.05) is 44.2 Å². The summed E-state index contributed by atoms with van der Waals surface area (Å²) in [6, 6.07) is 9.05. The number of nitrogens with zero attached hydrogens (tertiary/aromatic N) is 5. The van der Waals surface area contributed by atoms with E-state index in [1.165, 1.54) is 25.4 Å². The zero-order valence-corrected chi connectivity index (χ0v) is 19.1. The number of anilines is 3. The van der Waals surface area contributed by atoms with E-state index in [-0.39, 0.29) is 15.8 Å². The van der Waals surface area contributed by atoms with Crippen molar-refractivity contribution in [3.05, 3.63) is 53.8 Å². The second kappa shape index (κ2) is 9.49. The summed E-state index contributed by atoms with van der Waals surface area (Å²) in [7, 11) is -3.76. The van der Waals surface area contributed by atoms with Gasteiger partial charge in [-0.05, 0) is 24.3 Å². The molecule has 0 atom stereocenters. The fraction of sp³-hybridized carbons (Fsp3) is 0.300. The number of rotatable bonds is 7. The first kappa shape index (κ1) is 22.0. The van der Waals surface area contributed by atoms with Crippen LogP contribution in [-0.4, -0.2) is 55.5 Å². The molecule has 1 aliphatic heterocycles. The van der Waals surface area contributed by atoms with Crippen LogP contribution in [0.3, 0.4) is 0 Å². The highest BCUT2D eigenvalue weighted by atomic mass is 32.2. The lowest BCUT2D eigenvalue weighted by molar-refractivity contribution is -0.119. The first-order chi connectivity index (χ1) is 15.4. The van der Waals surface area contributed by atoms with E-state index in [1.54, 1.807) is 12.3 Å². The largest absolute Gasteiger partial charge is 0.353 e. The Morgan fingerprint density at radius 1 is 1.03 bits per heavy atom. The molecule has 0 unspecified atom stereocenters. The van der Waals surface area contributed by atoms with Gasteiger partial charge in [-0.15, -0.1) is 11.3 Å². The Balaban J connectivity index is 1.35. The van der Waals surface area contributed by atoms with Gasteiger partial charge in [-0.3, -0.25) is 9.52 Å². The molecule has 0 radical (unpaired) electrons. The van der Waals surface area contributed by atoms with Crippen molar-refractivity contribution in [2.75, 3.05) is 40.7 Å². The number of hydrogen-bond acceptors (Lipinski definition) is 9. The third kappa shape index (κ3) is 5.32. The van der Waals surface area contributed by atoms with Crippen molar-refractivity contribution in [3.8, 4) is 0 Å². The predicted molar refractivity (Wildman–Crippen MR) is 123 cm³/mol. The van der Waals surface area contributed by atoms with E-state index in [4.69, 9.17) is 0 Å². The summed E-state index contributed by atoms with van der Waals surface area (Å²) in [4.78, 5) is 29.1. The summed E-state index contributed by atoms with van der Waals surface area (Å²) < 4.78 is 28.0. The van der Waals surface area contributed by atoms with E-state index in [1.807, 2.05) is 18.2 Å². The molecule has 0 saturated carbocycles. The Morgan fingerprint density at radius 3 is 2.41 bits per heavy atom. The summed E-state index contributed by atoms with van der Waals surface area (Å²) in [6.45, 7) is 4.79. The summed E-state index contributed by atoms with van der Waals surface area (Å²) in [5, 5.41) is 2.65. The normalized spacial score (nSPS) is 14.3. The van der Waals surface area contributed by atoms with Gasteiger partial charge in [0.1, 0.15) is 10.0 Å². The second-order valence-corrected chi connectivity index (χ2v) is 10.2. The highest BCUT2D eigenvalue weighted by molar-refractivity contribution is 7.94. The SMILES string of the molecule is CC(=O)NCc1ccc(S(=O)(=O)Nc2cnc(N3CCN(c4ccccn4)CC3)nc2)s1. The number of sulfonamides is 1. The monoisotopic (exact) mass is 473 g/mol. The third-order valence-corrected chi connectivity index (χ3v) is 7.80. The topological polar surface area (TPSA) is 120 Å². The van der Waals surface area contributed by atoms with Crippen molar-refractivity contribution in [2.45, 2.75) is 17.7 Å². The molecule has 0 bridgehead atoms. The van der Waals surface area contributed by atoms with Crippen LogP contribution in [-0.2, 0) is 21.4 Å². The quantitative estimate of drug-likeness (QED) is 0.532. The molecule has 0 aromatic carbocycles. The van der Waals surface area contributed by atoms with Gasteiger partial charge in [0.15, 0.2) is 0 Å². The van der Waals surface area contributed by atoms with Gasteiger partial charge >= 0.3 is 0 Å². The molecule has 3 aromatic rings. The molecule has 0 spiro atoms. The zero-order chi connectivity index (χ0) is 22.6. The first-order valence-electron chi connectivity index (χ1n) is 10.00. The summed E-state index contributed by atoms with van der Waals surface area (Å²) in [6.07, 6.45) is 4.72. The van der Waals surface area contributed by atoms with Crippen molar-refractivity contribution in [3.63, 3.8) is 0 Å². The molecule has 32 heavy (non-hydrogen) atoms. The van der Waals surface area contributed by atoms with Gasteiger partial charge in [0.05, 0.1) is 24.6 Å². The minimum atomic E-state index is -3.76. The van der Waals surface area contributed by atoms with E-state index in [0.29, 0.717) is 12.5 Å². The van der Waals surface area contributed by atoms with E-state index >= 15 is 0 Å². The average molecular weight is 474 g/mol. The number of piperazine rings is 1. The molecule has 1 amide bonds. The van der Waals surface area contributed by atoms with Crippen molar-refractivity contribution in [2.24, 2.45) is 0 Å². The number of hydrogen-bond donors (Lipinski definition) is 2. The maximum absolute atomic E-state index is 12.6. The fourth-order valence-electron chi connectivity index (χ4n) is 3.23. The highest BCUT2D eigenvalue weighted by Crippen LogP contribution is 2.24. The van der Waals surface area contributed by atoms with Crippen molar-refractivity contribution < 1.29 is 13.2 Å². The number of amides is 1. The van der Waals surface area contributed by atoms with Crippen molar-refractivity contribution >= 4 is 44.7 Å². The van der Waals surface area contributed by atoms with E-state index < -0.39 is 10.0 Å². The molecule has 4 rings (SSSR count). The van der Waals surface area contributed by atoms with Crippen LogP contribution in [0.25, 0.3) is 0 Å². The average Bonchev–Trinajstić information content (AvgIpc) is 3.29. The Morgan fingerprint density at radius 2 is 1.75 bits per heavy atom. The van der Waals surface area contributed by atoms with E-state index in [0.717, 1.165) is 48.2 Å². The zero-order valence-electron chi connectivity index (χ0n) is 17.4. The molecule has 0 aliphatic carbocycles. The van der Waals surface area contributed by atoms with Gasteiger partial charge in [-0.2, -0.15) is 0 Å². The fourth-order valence-corrected chi connectivity index (χ4v) is 5.55. The summed E-state index contributed by atoms with van der Waals surface area (Å²) in [5.74, 6) is 1.34. The molecule has 168 valence electrons. The highest BCUT2D eigenvalue weighted by Gasteiger charge is 2.21. The molecule has 10 nitrogen and oxygen atoms in total. The molecule has 1 fully saturated rings. The van der Waals surface area contributed by atoms with Gasteiger partial charge in [0.2, 0.25) is 11.9 Å². The molecule has 4 heterocycles. The van der Waals surface area contributed by atoms with Crippen molar-refractivity contribution in [1.82, 2.24) is 20.3 Å². The summed E-state index contributed by atoms with van der Waals surface area (Å²) in [5.41, 5.74) is 0.290. The molecular weight excluding hydrogens is 450 g/mol. The van der Waals surface area contributed by atoms with Gasteiger partial charge in [0.25, 0.3) is 10.0 Å². The minimum Gasteiger partial charge on any atom is -0.353 e. The first-order valence-corrected chi connectivity index (χ1v) is 12.3. The lowest BCUT2D eigenvalue weighted by Crippen LogP contribution is -2.47. The maximum atomic E-state index is 12.6. The van der Waals surface area contributed by atoms with Crippen LogP contribution in [0.15, 0.2) is 53.1 Å². The lowest BCUT2D eigenvalue weighted by atomic mass is 10.3. The van der Waals surface area contributed by atoms with Crippen LogP contribution >= 0.6 is 11.3 Å². The predicted octanol–water partition coefficient (Wildman–Crippen LogP) is 1.70. The van der Waals surface area contributed by atoms with Gasteiger partial charge in [-0.25, -0.2) is 23.4 Å². The lowest BCUT2D eigenvalue weighted by Gasteiger charge is -2.35. The van der Waals surface area contributed by atoms with Crippen LogP contribution in [0.1, 0.15) is 11.8 Å². The molecule has 1 saturated heterocycles.